The van der Waals surface area contributed by atoms with Gasteiger partial charge in [0.15, 0.2) is 0 Å². The van der Waals surface area contributed by atoms with Crippen LogP contribution >= 0.6 is 11.3 Å². The summed E-state index contributed by atoms with van der Waals surface area (Å²) in [5.74, 6) is 0. The first kappa shape index (κ1) is 28.3. The molecule has 3 heterocycles. The van der Waals surface area contributed by atoms with Crippen molar-refractivity contribution in [1.82, 2.24) is 4.98 Å². The summed E-state index contributed by atoms with van der Waals surface area (Å²) in [5.41, 5.74) is 11.8. The summed E-state index contributed by atoms with van der Waals surface area (Å²) in [5, 5.41) is 6.25. The Morgan fingerprint density at radius 1 is 0.531 bits per heavy atom. The monoisotopic (exact) mass is 644 g/mol. The summed E-state index contributed by atoms with van der Waals surface area (Å²) >= 11 is 1.89. The molecule has 0 amide bonds. The van der Waals surface area contributed by atoms with Crippen molar-refractivity contribution in [2.24, 2.45) is 0 Å². The summed E-state index contributed by atoms with van der Waals surface area (Å²) in [4.78, 5) is 7.78. The van der Waals surface area contributed by atoms with Gasteiger partial charge in [-0.3, -0.25) is 0 Å². The molecular formula is C46H32N2S. The standard InChI is InChI=1S/C46H32N2S/c1-46(2)36-21-8-11-24-39(36)48(40-25-12-9-22-37(40)46)31-18-14-17-30(27-31)34-28-35-42(43-33-20-7-13-26-41(33)49-45(34)43)32-19-6-10-23-38(32)47-44(35)29-15-4-3-5-16-29/h3-28H,1-2H3. The molecule has 0 radical (unpaired) electrons. The molecule has 0 bridgehead atoms. The second-order valence-electron chi connectivity index (χ2n) is 13.5. The van der Waals surface area contributed by atoms with Crippen molar-refractivity contribution in [3.8, 4) is 22.4 Å². The Labute approximate surface area is 289 Å². The highest BCUT2D eigenvalue weighted by atomic mass is 32.1. The number of fused-ring (bicyclic) bond motifs is 9. The van der Waals surface area contributed by atoms with Crippen molar-refractivity contribution in [2.75, 3.05) is 4.90 Å². The molecule has 0 aliphatic carbocycles. The van der Waals surface area contributed by atoms with Crippen molar-refractivity contribution in [3.63, 3.8) is 0 Å². The third-order valence-corrected chi connectivity index (χ3v) is 11.6. The zero-order valence-corrected chi connectivity index (χ0v) is 28.1. The molecule has 0 atom stereocenters. The highest BCUT2D eigenvalue weighted by Crippen LogP contribution is 2.53. The Morgan fingerprint density at radius 2 is 1.16 bits per heavy atom. The number of para-hydroxylation sites is 3. The maximum Gasteiger partial charge on any atom is 0.0788 e. The first-order chi connectivity index (χ1) is 24.1. The van der Waals surface area contributed by atoms with Gasteiger partial charge in [0, 0.05) is 58.6 Å². The number of pyridine rings is 1. The van der Waals surface area contributed by atoms with Crippen molar-refractivity contribution in [2.45, 2.75) is 19.3 Å². The minimum absolute atomic E-state index is 0.105. The maximum absolute atomic E-state index is 5.33. The number of hydrogen-bond acceptors (Lipinski definition) is 3. The number of thiophene rings is 1. The highest BCUT2D eigenvalue weighted by molar-refractivity contribution is 7.26. The van der Waals surface area contributed by atoms with Crippen LogP contribution in [0.25, 0.3) is 64.2 Å². The van der Waals surface area contributed by atoms with Gasteiger partial charge in [-0.25, -0.2) is 4.98 Å². The molecule has 7 aromatic carbocycles. The van der Waals surface area contributed by atoms with Crippen LogP contribution in [0.2, 0.25) is 0 Å². The van der Waals surface area contributed by atoms with Gasteiger partial charge in [-0.1, -0.05) is 129 Å². The van der Waals surface area contributed by atoms with E-state index in [1.54, 1.807) is 0 Å². The van der Waals surface area contributed by atoms with Gasteiger partial charge in [-0.15, -0.1) is 11.3 Å². The maximum atomic E-state index is 5.33. The smallest absolute Gasteiger partial charge is 0.0788 e. The fourth-order valence-electron chi connectivity index (χ4n) is 8.12. The van der Waals surface area contributed by atoms with E-state index in [9.17, 15) is 0 Å². The zero-order chi connectivity index (χ0) is 32.7. The van der Waals surface area contributed by atoms with Gasteiger partial charge in [0.2, 0.25) is 0 Å². The van der Waals surface area contributed by atoms with E-state index in [0.717, 1.165) is 22.5 Å². The van der Waals surface area contributed by atoms with Crippen LogP contribution in [-0.4, -0.2) is 4.98 Å². The summed E-state index contributed by atoms with van der Waals surface area (Å²) < 4.78 is 2.60. The highest BCUT2D eigenvalue weighted by Gasteiger charge is 2.36. The number of hydrogen-bond donors (Lipinski definition) is 0. The Kier molecular flexibility index (Phi) is 6.12. The predicted molar refractivity (Wildman–Crippen MR) is 210 cm³/mol. The van der Waals surface area contributed by atoms with Gasteiger partial charge in [-0.05, 0) is 59.2 Å². The topological polar surface area (TPSA) is 16.1 Å². The Hall–Kier alpha value is -5.77. The van der Waals surface area contributed by atoms with Gasteiger partial charge in [0.05, 0.1) is 22.6 Å². The second-order valence-corrected chi connectivity index (χ2v) is 14.6. The molecule has 0 saturated heterocycles. The van der Waals surface area contributed by atoms with Crippen LogP contribution in [-0.2, 0) is 5.41 Å². The molecule has 0 saturated carbocycles. The number of rotatable bonds is 3. The lowest BCUT2D eigenvalue weighted by Crippen LogP contribution is -2.30. The number of anilines is 3. The Balaban J connectivity index is 1.30. The quantitative estimate of drug-likeness (QED) is 0.178. The largest absolute Gasteiger partial charge is 0.310 e. The first-order valence-electron chi connectivity index (χ1n) is 16.9. The molecular weight excluding hydrogens is 613 g/mol. The van der Waals surface area contributed by atoms with Crippen LogP contribution < -0.4 is 4.90 Å². The van der Waals surface area contributed by atoms with Crippen molar-refractivity contribution in [1.29, 1.82) is 0 Å². The molecule has 232 valence electrons. The molecule has 49 heavy (non-hydrogen) atoms. The molecule has 1 aliphatic rings. The molecule has 3 heteroatoms. The third-order valence-electron chi connectivity index (χ3n) is 10.4. The van der Waals surface area contributed by atoms with Gasteiger partial charge in [0.1, 0.15) is 0 Å². The SMILES string of the molecule is CC1(C)c2ccccc2N(c2cccc(-c3cc4c(-c5ccccc5)nc5ccccc5c4c4c3sc3ccccc34)c2)c2ccccc21. The molecule has 0 spiro atoms. The molecule has 2 aromatic heterocycles. The minimum atomic E-state index is -0.105. The van der Waals surface area contributed by atoms with E-state index in [-0.39, 0.29) is 5.41 Å². The summed E-state index contributed by atoms with van der Waals surface area (Å²) in [6.45, 7) is 4.68. The molecule has 0 unspecified atom stereocenters. The van der Waals surface area contributed by atoms with Crippen molar-refractivity contribution >= 4 is 70.2 Å². The lowest BCUT2D eigenvalue weighted by atomic mass is 9.73. The van der Waals surface area contributed by atoms with Crippen LogP contribution in [0, 0.1) is 0 Å². The summed E-state index contributed by atoms with van der Waals surface area (Å²) in [6.07, 6.45) is 0. The second kappa shape index (κ2) is 10.6. The molecule has 1 aliphatic heterocycles. The molecule has 9 aromatic rings. The van der Waals surface area contributed by atoms with Crippen LogP contribution in [0.4, 0.5) is 17.1 Å². The van der Waals surface area contributed by atoms with E-state index in [2.05, 4.69) is 176 Å². The first-order valence-corrected chi connectivity index (χ1v) is 17.7. The Bertz CT molecular complexity index is 2710. The predicted octanol–water partition coefficient (Wildman–Crippen LogP) is 13.2. The van der Waals surface area contributed by atoms with Crippen LogP contribution in [0.1, 0.15) is 25.0 Å². The number of nitrogens with zero attached hydrogens (tertiary/aromatic N) is 2. The number of aromatic nitrogens is 1. The lowest BCUT2D eigenvalue weighted by molar-refractivity contribution is 0.632. The average molecular weight is 645 g/mol. The third kappa shape index (κ3) is 4.16. The van der Waals surface area contributed by atoms with Crippen molar-refractivity contribution < 1.29 is 0 Å². The molecule has 0 N–H and O–H groups in total. The van der Waals surface area contributed by atoms with Gasteiger partial charge >= 0.3 is 0 Å². The van der Waals surface area contributed by atoms with E-state index in [4.69, 9.17) is 4.98 Å². The van der Waals surface area contributed by atoms with E-state index in [0.29, 0.717) is 0 Å². The number of benzene rings is 7. The van der Waals surface area contributed by atoms with Crippen LogP contribution in [0.5, 0.6) is 0 Å². The summed E-state index contributed by atoms with van der Waals surface area (Å²) in [6, 6.07) is 57.4. The normalized spacial score (nSPS) is 13.6. The Morgan fingerprint density at radius 3 is 1.94 bits per heavy atom. The van der Waals surface area contributed by atoms with E-state index < -0.39 is 0 Å². The molecule has 10 rings (SSSR count). The minimum Gasteiger partial charge on any atom is -0.310 e. The van der Waals surface area contributed by atoms with Crippen LogP contribution in [0.15, 0.2) is 158 Å². The average Bonchev–Trinajstić information content (AvgIpc) is 3.54. The van der Waals surface area contributed by atoms with Gasteiger partial charge in [0.25, 0.3) is 0 Å². The lowest BCUT2D eigenvalue weighted by Gasteiger charge is -2.42. The molecule has 2 nitrogen and oxygen atoms in total. The zero-order valence-electron chi connectivity index (χ0n) is 27.3. The van der Waals surface area contributed by atoms with Crippen LogP contribution in [0.3, 0.4) is 0 Å². The fraction of sp³-hybridized carbons (Fsp3) is 0.0652. The molecule has 0 fully saturated rings. The van der Waals surface area contributed by atoms with Gasteiger partial charge < -0.3 is 4.90 Å². The van der Waals surface area contributed by atoms with Crippen molar-refractivity contribution in [3.05, 3.63) is 169 Å². The van der Waals surface area contributed by atoms with E-state index >= 15 is 0 Å². The fourth-order valence-corrected chi connectivity index (χ4v) is 9.37. The summed E-state index contributed by atoms with van der Waals surface area (Å²) in [7, 11) is 0. The van der Waals surface area contributed by atoms with E-state index in [1.165, 1.54) is 70.0 Å². The van der Waals surface area contributed by atoms with Gasteiger partial charge in [-0.2, -0.15) is 0 Å². The van der Waals surface area contributed by atoms with E-state index in [1.807, 2.05) is 11.3 Å².